The Kier molecular flexibility index (Phi) is 2.65. The van der Waals surface area contributed by atoms with Crippen molar-refractivity contribution in [1.29, 1.82) is 0 Å². The Hall–Kier alpha value is -1.10. The first-order valence-electron chi connectivity index (χ1n) is 3.46. The van der Waals surface area contributed by atoms with Crippen molar-refractivity contribution >= 4 is 18.2 Å². The summed E-state index contributed by atoms with van der Waals surface area (Å²) in [6, 6.07) is 0. The number of anilines is 1. The third-order valence-corrected chi connectivity index (χ3v) is 1.70. The Labute approximate surface area is 76.2 Å². The maximum absolute atomic E-state index is 5.01. The van der Waals surface area contributed by atoms with Crippen LogP contribution in [0.4, 0.5) is 5.95 Å². The highest BCUT2D eigenvalue weighted by molar-refractivity contribution is 7.71. The lowest BCUT2D eigenvalue weighted by molar-refractivity contribution is 0.409. The number of H-pyrrole nitrogens is 1. The number of methoxy groups -OCH3 is 1. The van der Waals surface area contributed by atoms with Gasteiger partial charge in [-0.25, -0.2) is 4.98 Å². The number of aromatic amines is 1. The summed E-state index contributed by atoms with van der Waals surface area (Å²) in [6.07, 6.45) is 1.61. The number of hydrogen-bond acceptors (Lipinski definition) is 4. The van der Waals surface area contributed by atoms with Gasteiger partial charge < -0.3 is 14.6 Å². The summed E-state index contributed by atoms with van der Waals surface area (Å²) in [5.74, 6) is 1.32. The van der Waals surface area contributed by atoms with Gasteiger partial charge in [-0.15, -0.1) is 0 Å². The van der Waals surface area contributed by atoms with Crippen molar-refractivity contribution in [3.63, 3.8) is 0 Å². The van der Waals surface area contributed by atoms with E-state index in [4.69, 9.17) is 17.0 Å². The lowest BCUT2D eigenvalue weighted by atomic mass is 10.6. The normalized spacial score (nSPS) is 9.58. The molecule has 0 saturated carbocycles. The first-order chi connectivity index (χ1) is 5.65. The fraction of sp³-hybridized carbons (Fsp3) is 0.429. The van der Waals surface area contributed by atoms with Crippen LogP contribution in [0.25, 0.3) is 0 Å². The molecular weight excluding hydrogens is 174 g/mol. The fourth-order valence-corrected chi connectivity index (χ4v) is 0.974. The zero-order valence-corrected chi connectivity index (χ0v) is 8.10. The zero-order chi connectivity index (χ0) is 9.14. The van der Waals surface area contributed by atoms with E-state index in [1.807, 2.05) is 19.0 Å². The smallest absolute Gasteiger partial charge is 0.203 e. The van der Waals surface area contributed by atoms with E-state index in [0.29, 0.717) is 10.4 Å². The van der Waals surface area contributed by atoms with Crippen LogP contribution in [0.5, 0.6) is 5.75 Å². The minimum atomic E-state index is 0.566. The minimum Gasteiger partial charge on any atom is -0.492 e. The summed E-state index contributed by atoms with van der Waals surface area (Å²) in [4.78, 5) is 8.86. The molecule has 1 rings (SSSR count). The van der Waals surface area contributed by atoms with Crippen LogP contribution in [0.3, 0.4) is 0 Å². The predicted octanol–water partition coefficient (Wildman–Crippen LogP) is 1.21. The SMILES string of the molecule is COc1cnc(N(C)C)[nH]c1=S. The van der Waals surface area contributed by atoms with Crippen molar-refractivity contribution < 1.29 is 4.74 Å². The molecule has 12 heavy (non-hydrogen) atoms. The van der Waals surface area contributed by atoms with Crippen LogP contribution >= 0.6 is 12.2 Å². The van der Waals surface area contributed by atoms with Crippen molar-refractivity contribution in [2.24, 2.45) is 0 Å². The molecule has 0 aliphatic heterocycles. The van der Waals surface area contributed by atoms with Gasteiger partial charge in [-0.05, 0) is 0 Å². The second kappa shape index (κ2) is 3.53. The van der Waals surface area contributed by atoms with Crippen LogP contribution in [-0.2, 0) is 0 Å². The van der Waals surface area contributed by atoms with Gasteiger partial charge >= 0.3 is 0 Å². The van der Waals surface area contributed by atoms with Gasteiger partial charge in [-0.3, -0.25) is 0 Å². The van der Waals surface area contributed by atoms with E-state index in [1.54, 1.807) is 13.3 Å². The predicted molar refractivity (Wildman–Crippen MR) is 50.3 cm³/mol. The quantitative estimate of drug-likeness (QED) is 0.703. The maximum Gasteiger partial charge on any atom is 0.203 e. The molecule has 0 aromatic carbocycles. The van der Waals surface area contributed by atoms with Gasteiger partial charge in [0, 0.05) is 14.1 Å². The summed E-state index contributed by atoms with van der Waals surface area (Å²) in [5.41, 5.74) is 0. The van der Waals surface area contributed by atoms with Gasteiger partial charge in [0.1, 0.15) is 4.64 Å². The second-order valence-electron chi connectivity index (χ2n) is 2.50. The summed E-state index contributed by atoms with van der Waals surface area (Å²) >= 11 is 5.01. The summed E-state index contributed by atoms with van der Waals surface area (Å²) in [5, 5.41) is 0. The van der Waals surface area contributed by atoms with Gasteiger partial charge in [-0.2, -0.15) is 0 Å². The minimum absolute atomic E-state index is 0.566. The topological polar surface area (TPSA) is 41.1 Å². The Morgan fingerprint density at radius 2 is 2.25 bits per heavy atom. The van der Waals surface area contributed by atoms with Crippen LogP contribution in [0.1, 0.15) is 0 Å². The molecular formula is C7H11N3OS. The second-order valence-corrected chi connectivity index (χ2v) is 2.91. The van der Waals surface area contributed by atoms with Crippen LogP contribution < -0.4 is 9.64 Å². The molecule has 0 amide bonds. The summed E-state index contributed by atoms with van der Waals surface area (Å²) in [6.45, 7) is 0. The Morgan fingerprint density at radius 3 is 2.67 bits per heavy atom. The fourth-order valence-electron chi connectivity index (χ4n) is 0.746. The maximum atomic E-state index is 5.01. The van der Waals surface area contributed by atoms with E-state index >= 15 is 0 Å². The van der Waals surface area contributed by atoms with Gasteiger partial charge in [0.15, 0.2) is 5.75 Å². The number of hydrogen-bond donors (Lipinski definition) is 1. The summed E-state index contributed by atoms with van der Waals surface area (Å²) < 4.78 is 5.53. The molecule has 1 heterocycles. The molecule has 0 saturated heterocycles. The monoisotopic (exact) mass is 185 g/mol. The number of nitrogens with one attached hydrogen (secondary N) is 1. The van der Waals surface area contributed by atoms with E-state index in [0.717, 1.165) is 5.95 Å². The van der Waals surface area contributed by atoms with Crippen molar-refractivity contribution in [2.75, 3.05) is 26.1 Å². The first kappa shape index (κ1) is 8.99. The zero-order valence-electron chi connectivity index (χ0n) is 7.29. The molecule has 0 aliphatic carbocycles. The molecule has 0 aliphatic rings. The number of aromatic nitrogens is 2. The largest absolute Gasteiger partial charge is 0.492 e. The number of nitrogens with zero attached hydrogens (tertiary/aromatic N) is 2. The molecule has 0 radical (unpaired) electrons. The van der Waals surface area contributed by atoms with E-state index in [2.05, 4.69) is 9.97 Å². The molecule has 0 atom stereocenters. The van der Waals surface area contributed by atoms with Crippen LogP contribution in [-0.4, -0.2) is 31.2 Å². The van der Waals surface area contributed by atoms with Crippen LogP contribution in [0.2, 0.25) is 0 Å². The van der Waals surface area contributed by atoms with Crippen molar-refractivity contribution in [2.45, 2.75) is 0 Å². The average Bonchev–Trinajstić information content (AvgIpc) is 2.04. The number of ether oxygens (including phenoxy) is 1. The van der Waals surface area contributed by atoms with Crippen LogP contribution in [0, 0.1) is 4.64 Å². The first-order valence-corrected chi connectivity index (χ1v) is 3.86. The molecule has 1 N–H and O–H groups in total. The third kappa shape index (κ3) is 1.73. The average molecular weight is 185 g/mol. The molecule has 0 spiro atoms. The molecule has 4 nitrogen and oxygen atoms in total. The number of rotatable bonds is 2. The molecule has 1 aromatic heterocycles. The lowest BCUT2D eigenvalue weighted by Crippen LogP contribution is -2.12. The van der Waals surface area contributed by atoms with Crippen LogP contribution in [0.15, 0.2) is 6.20 Å². The molecule has 0 bridgehead atoms. The summed E-state index contributed by atoms with van der Waals surface area (Å²) in [7, 11) is 5.34. The van der Waals surface area contributed by atoms with Crippen molar-refractivity contribution in [3.8, 4) is 5.75 Å². The van der Waals surface area contributed by atoms with E-state index in [9.17, 15) is 0 Å². The Morgan fingerprint density at radius 1 is 1.58 bits per heavy atom. The van der Waals surface area contributed by atoms with Gasteiger partial charge in [-0.1, -0.05) is 12.2 Å². The van der Waals surface area contributed by atoms with Crippen molar-refractivity contribution in [1.82, 2.24) is 9.97 Å². The highest BCUT2D eigenvalue weighted by atomic mass is 32.1. The van der Waals surface area contributed by atoms with Gasteiger partial charge in [0.2, 0.25) is 5.95 Å². The highest BCUT2D eigenvalue weighted by Gasteiger charge is 1.99. The van der Waals surface area contributed by atoms with Crippen molar-refractivity contribution in [3.05, 3.63) is 10.8 Å². The van der Waals surface area contributed by atoms with Gasteiger partial charge in [0.05, 0.1) is 13.3 Å². The van der Waals surface area contributed by atoms with E-state index in [-0.39, 0.29) is 0 Å². The molecule has 66 valence electrons. The molecule has 0 fully saturated rings. The molecule has 0 unspecified atom stereocenters. The Bertz CT molecular complexity index is 321. The molecule has 5 heteroatoms. The molecule has 1 aromatic rings. The third-order valence-electron chi connectivity index (χ3n) is 1.40. The van der Waals surface area contributed by atoms with Gasteiger partial charge in [0.25, 0.3) is 0 Å². The van der Waals surface area contributed by atoms with E-state index < -0.39 is 0 Å². The lowest BCUT2D eigenvalue weighted by Gasteiger charge is -2.10. The highest BCUT2D eigenvalue weighted by Crippen LogP contribution is 2.11. The standard InChI is InChI=1S/C7H11N3OS/c1-10(2)7-8-4-5(11-3)6(12)9-7/h4H,1-3H3,(H,8,9,12). The Balaban J connectivity index is 3.11. The van der Waals surface area contributed by atoms with E-state index in [1.165, 1.54) is 0 Å².